The summed E-state index contributed by atoms with van der Waals surface area (Å²) < 4.78 is 11.0. The van der Waals surface area contributed by atoms with Crippen LogP contribution in [-0.2, 0) is 9.53 Å². The van der Waals surface area contributed by atoms with Gasteiger partial charge < -0.3 is 14.8 Å². The molecule has 0 bridgehead atoms. The molecule has 0 fully saturated rings. The first-order chi connectivity index (χ1) is 10.7. The first kappa shape index (κ1) is 19.1. The van der Waals surface area contributed by atoms with E-state index >= 15 is 0 Å². The molecule has 0 saturated heterocycles. The Balaban J connectivity index is 2.94. The maximum absolute atomic E-state index is 12.5. The third-order valence-corrected chi connectivity index (χ3v) is 3.66. The second-order valence-corrected chi connectivity index (χ2v) is 6.23. The van der Waals surface area contributed by atoms with Gasteiger partial charge >= 0.3 is 0 Å². The van der Waals surface area contributed by atoms with Crippen LogP contribution in [0.2, 0.25) is 0 Å². The van der Waals surface area contributed by atoms with Gasteiger partial charge in [-0.15, -0.1) is 5.92 Å². The second-order valence-electron chi connectivity index (χ2n) is 6.23. The number of rotatable bonds is 6. The number of carbonyl (C=O) groups excluding carboxylic acids is 1. The maximum Gasteiger partial charge on any atom is 0.264 e. The average molecular weight is 317 g/mol. The van der Waals surface area contributed by atoms with Crippen molar-refractivity contribution in [1.82, 2.24) is 5.32 Å². The van der Waals surface area contributed by atoms with Crippen molar-refractivity contribution in [3.63, 3.8) is 0 Å². The Morgan fingerprint density at radius 2 is 1.83 bits per heavy atom. The number of amides is 1. The van der Waals surface area contributed by atoms with E-state index in [2.05, 4.69) is 24.1 Å². The summed E-state index contributed by atoms with van der Waals surface area (Å²) in [5.74, 6) is 6.21. The predicted octanol–water partition coefficient (Wildman–Crippen LogP) is 2.92. The lowest BCUT2D eigenvalue weighted by molar-refractivity contribution is -0.131. The van der Waals surface area contributed by atoms with Crippen LogP contribution >= 0.6 is 0 Å². The Morgan fingerprint density at radius 3 is 2.30 bits per heavy atom. The molecule has 126 valence electrons. The van der Waals surface area contributed by atoms with Crippen LogP contribution in [0.5, 0.6) is 5.75 Å². The van der Waals surface area contributed by atoms with E-state index in [1.54, 1.807) is 14.0 Å². The van der Waals surface area contributed by atoms with Crippen molar-refractivity contribution in [1.29, 1.82) is 0 Å². The van der Waals surface area contributed by atoms with Gasteiger partial charge in [0.1, 0.15) is 5.75 Å². The first-order valence-corrected chi connectivity index (χ1v) is 7.69. The number of hydrogen-bond donors (Lipinski definition) is 1. The van der Waals surface area contributed by atoms with Crippen LogP contribution in [0.25, 0.3) is 0 Å². The quantitative estimate of drug-likeness (QED) is 0.821. The normalized spacial score (nSPS) is 12.1. The van der Waals surface area contributed by atoms with Gasteiger partial charge in [0.15, 0.2) is 6.10 Å². The molecule has 4 heteroatoms. The monoisotopic (exact) mass is 317 g/mol. The molecule has 0 aliphatic carbocycles. The van der Waals surface area contributed by atoms with E-state index in [-0.39, 0.29) is 12.5 Å². The third kappa shape index (κ3) is 5.61. The van der Waals surface area contributed by atoms with Crippen molar-refractivity contribution in [3.05, 3.63) is 28.8 Å². The number of carbonyl (C=O) groups is 1. The number of aryl methyl sites for hydroxylation is 2. The third-order valence-electron chi connectivity index (χ3n) is 3.66. The highest BCUT2D eigenvalue weighted by Crippen LogP contribution is 2.22. The van der Waals surface area contributed by atoms with Crippen molar-refractivity contribution < 1.29 is 14.3 Å². The Bertz CT molecular complexity index is 600. The summed E-state index contributed by atoms with van der Waals surface area (Å²) >= 11 is 0. The van der Waals surface area contributed by atoms with E-state index in [9.17, 15) is 4.79 Å². The van der Waals surface area contributed by atoms with Crippen molar-refractivity contribution in [2.24, 2.45) is 0 Å². The Morgan fingerprint density at radius 1 is 1.26 bits per heavy atom. The molecule has 1 unspecified atom stereocenters. The SMILES string of the molecule is CC#CC(C)(C)NC(=O)C(COC)Oc1cc(C)c(C)c(C)c1. The van der Waals surface area contributed by atoms with Crippen LogP contribution in [0.4, 0.5) is 0 Å². The zero-order valence-corrected chi connectivity index (χ0v) is 15.2. The summed E-state index contributed by atoms with van der Waals surface area (Å²) in [6, 6.07) is 3.88. The van der Waals surface area contributed by atoms with E-state index in [0.717, 1.165) is 11.1 Å². The van der Waals surface area contributed by atoms with Gasteiger partial charge in [0.05, 0.1) is 12.1 Å². The molecule has 0 aliphatic rings. The minimum atomic E-state index is -0.723. The fourth-order valence-corrected chi connectivity index (χ4v) is 2.28. The van der Waals surface area contributed by atoms with E-state index in [1.165, 1.54) is 5.56 Å². The Kier molecular flexibility index (Phi) is 6.65. The van der Waals surface area contributed by atoms with Crippen LogP contribution in [0, 0.1) is 32.6 Å². The van der Waals surface area contributed by atoms with E-state index in [4.69, 9.17) is 9.47 Å². The molecule has 0 radical (unpaired) electrons. The van der Waals surface area contributed by atoms with Crippen LogP contribution in [0.3, 0.4) is 0 Å². The number of benzene rings is 1. The molecule has 1 aromatic carbocycles. The zero-order chi connectivity index (χ0) is 17.6. The van der Waals surface area contributed by atoms with Gasteiger partial charge in [-0.1, -0.05) is 5.92 Å². The number of ether oxygens (including phenoxy) is 2. The highest BCUT2D eigenvalue weighted by Gasteiger charge is 2.26. The summed E-state index contributed by atoms with van der Waals surface area (Å²) in [5.41, 5.74) is 2.88. The van der Waals surface area contributed by atoms with Gasteiger partial charge in [-0.3, -0.25) is 4.79 Å². The predicted molar refractivity (Wildman–Crippen MR) is 92.6 cm³/mol. The smallest absolute Gasteiger partial charge is 0.264 e. The Hall–Kier alpha value is -1.99. The standard InChI is InChI=1S/C19H27NO3/c1-8-9-19(5,6)20-18(21)17(12-22-7)23-16-10-13(2)15(4)14(3)11-16/h10-11,17H,12H2,1-7H3,(H,20,21). The number of methoxy groups -OCH3 is 1. The van der Waals surface area contributed by atoms with Gasteiger partial charge in [0, 0.05) is 7.11 Å². The Labute approximate surface area is 139 Å². The van der Waals surface area contributed by atoms with Gasteiger partial charge in [0.2, 0.25) is 0 Å². The fraction of sp³-hybridized carbons (Fsp3) is 0.526. The van der Waals surface area contributed by atoms with Crippen LogP contribution in [0.15, 0.2) is 12.1 Å². The lowest BCUT2D eigenvalue weighted by atomic mass is 10.0. The summed E-state index contributed by atoms with van der Waals surface area (Å²) in [5, 5.41) is 2.89. The summed E-state index contributed by atoms with van der Waals surface area (Å²) in [7, 11) is 1.55. The van der Waals surface area contributed by atoms with Crippen molar-refractivity contribution in [3.8, 4) is 17.6 Å². The van der Waals surface area contributed by atoms with Crippen LogP contribution in [0.1, 0.15) is 37.5 Å². The topological polar surface area (TPSA) is 47.6 Å². The minimum absolute atomic E-state index is 0.174. The second kappa shape index (κ2) is 8.03. The minimum Gasteiger partial charge on any atom is -0.478 e. The van der Waals surface area contributed by atoms with Crippen molar-refractivity contribution >= 4 is 5.91 Å². The summed E-state index contributed by atoms with van der Waals surface area (Å²) in [6.45, 7) is 11.8. The highest BCUT2D eigenvalue weighted by molar-refractivity contribution is 5.82. The molecule has 4 nitrogen and oxygen atoms in total. The highest BCUT2D eigenvalue weighted by atomic mass is 16.5. The molecule has 0 aliphatic heterocycles. The van der Waals surface area contributed by atoms with Crippen molar-refractivity contribution in [2.45, 2.75) is 53.2 Å². The maximum atomic E-state index is 12.5. The molecule has 0 aromatic heterocycles. The fourth-order valence-electron chi connectivity index (χ4n) is 2.28. The average Bonchev–Trinajstić information content (AvgIpc) is 2.43. The number of nitrogens with one attached hydrogen (secondary N) is 1. The molecular formula is C19H27NO3. The molecule has 0 spiro atoms. The molecule has 0 saturated carbocycles. The lowest BCUT2D eigenvalue weighted by Gasteiger charge is -2.25. The van der Waals surface area contributed by atoms with Crippen LogP contribution in [-0.4, -0.2) is 31.3 Å². The molecule has 1 atom stereocenters. The van der Waals surface area contributed by atoms with Gasteiger partial charge in [-0.25, -0.2) is 0 Å². The van der Waals surface area contributed by atoms with E-state index in [0.29, 0.717) is 5.75 Å². The van der Waals surface area contributed by atoms with E-state index < -0.39 is 11.6 Å². The lowest BCUT2D eigenvalue weighted by Crippen LogP contribution is -2.50. The van der Waals surface area contributed by atoms with Gasteiger partial charge in [-0.2, -0.15) is 0 Å². The first-order valence-electron chi connectivity index (χ1n) is 7.69. The molecule has 1 N–H and O–H groups in total. The van der Waals surface area contributed by atoms with Crippen molar-refractivity contribution in [2.75, 3.05) is 13.7 Å². The molecule has 23 heavy (non-hydrogen) atoms. The zero-order valence-electron chi connectivity index (χ0n) is 15.2. The van der Waals surface area contributed by atoms with E-state index in [1.807, 2.05) is 39.8 Å². The van der Waals surface area contributed by atoms with Gasteiger partial charge in [-0.05, 0) is 70.4 Å². The number of hydrogen-bond acceptors (Lipinski definition) is 3. The molecular weight excluding hydrogens is 290 g/mol. The van der Waals surface area contributed by atoms with Crippen LogP contribution < -0.4 is 10.1 Å². The summed E-state index contributed by atoms with van der Waals surface area (Å²) in [6.07, 6.45) is -0.723. The van der Waals surface area contributed by atoms with Gasteiger partial charge in [0.25, 0.3) is 5.91 Å². The molecule has 0 heterocycles. The summed E-state index contributed by atoms with van der Waals surface area (Å²) in [4.78, 5) is 12.5. The molecule has 1 aromatic rings. The largest absolute Gasteiger partial charge is 0.478 e. The molecule has 1 rings (SSSR count). The molecule has 1 amide bonds.